The molecule has 0 bridgehead atoms. The minimum Gasteiger partial charge on any atom is -0.340 e. The van der Waals surface area contributed by atoms with Crippen LogP contribution in [0.1, 0.15) is 41.1 Å². The molecule has 5 nitrogen and oxygen atoms in total. The molecule has 1 amide bonds. The van der Waals surface area contributed by atoms with Crippen molar-refractivity contribution in [2.24, 2.45) is 20.0 Å². The molecule has 0 spiro atoms. The predicted molar refractivity (Wildman–Crippen MR) is 112 cm³/mol. The number of fused-ring (bicyclic) bond motifs is 1. The topological polar surface area (TPSA) is 43.1 Å². The molecule has 4 rings (SSSR count). The van der Waals surface area contributed by atoms with Crippen LogP contribution in [0.25, 0.3) is 10.9 Å². The second-order valence-corrected chi connectivity index (χ2v) is 7.88. The van der Waals surface area contributed by atoms with Gasteiger partial charge in [0.1, 0.15) is 5.69 Å². The van der Waals surface area contributed by atoms with Crippen molar-refractivity contribution in [1.82, 2.24) is 19.2 Å². The summed E-state index contributed by atoms with van der Waals surface area (Å²) in [6.45, 7) is 3.35. The second-order valence-electron chi connectivity index (χ2n) is 7.88. The third kappa shape index (κ3) is 3.61. The van der Waals surface area contributed by atoms with Gasteiger partial charge in [0, 0.05) is 37.2 Å². The number of carbonyl (C=O) groups is 1. The van der Waals surface area contributed by atoms with Crippen LogP contribution in [0.4, 0.5) is 0 Å². The third-order valence-electron chi connectivity index (χ3n) is 5.83. The summed E-state index contributed by atoms with van der Waals surface area (Å²) in [5, 5.41) is 5.69. The van der Waals surface area contributed by atoms with E-state index in [9.17, 15) is 4.79 Å². The summed E-state index contributed by atoms with van der Waals surface area (Å²) in [7, 11) is 3.92. The lowest BCUT2D eigenvalue weighted by Crippen LogP contribution is -2.36. The predicted octanol–water partition coefficient (Wildman–Crippen LogP) is 4.22. The first kappa shape index (κ1) is 18.5. The average Bonchev–Trinajstić information content (AvgIpc) is 3.20. The lowest BCUT2D eigenvalue weighted by Gasteiger charge is -2.28. The molecule has 2 heterocycles. The molecule has 0 saturated carbocycles. The average molecular weight is 377 g/mol. The molecular formula is C23H28N4O. The van der Waals surface area contributed by atoms with Gasteiger partial charge < -0.3 is 9.47 Å². The Bertz CT molecular complexity index is 1010. The van der Waals surface area contributed by atoms with Gasteiger partial charge in [-0.15, -0.1) is 0 Å². The molecule has 0 N–H and O–H groups in total. The SMILES string of the molecule is Cc1cc(CN(C[C@H]2CC=CCC2)C(=O)c2cc3ccccc3n2C)nn1C. The van der Waals surface area contributed by atoms with E-state index in [2.05, 4.69) is 35.4 Å². The molecule has 0 aliphatic heterocycles. The highest BCUT2D eigenvalue weighted by molar-refractivity contribution is 5.98. The van der Waals surface area contributed by atoms with Crippen LogP contribution in [0, 0.1) is 12.8 Å². The fourth-order valence-corrected chi connectivity index (χ4v) is 4.12. The second kappa shape index (κ2) is 7.66. The fraction of sp³-hybridized carbons (Fsp3) is 0.391. The van der Waals surface area contributed by atoms with Crippen LogP contribution in [0.3, 0.4) is 0 Å². The van der Waals surface area contributed by atoms with E-state index in [1.165, 1.54) is 0 Å². The Hall–Kier alpha value is -2.82. The molecule has 0 saturated heterocycles. The van der Waals surface area contributed by atoms with Crippen LogP contribution in [-0.4, -0.2) is 31.7 Å². The number of aromatic nitrogens is 3. The Morgan fingerprint density at radius 1 is 1.21 bits per heavy atom. The van der Waals surface area contributed by atoms with Gasteiger partial charge in [-0.25, -0.2) is 0 Å². The molecule has 0 radical (unpaired) electrons. The van der Waals surface area contributed by atoms with E-state index in [0.29, 0.717) is 12.5 Å². The Morgan fingerprint density at radius 3 is 2.71 bits per heavy atom. The first-order valence-corrected chi connectivity index (χ1v) is 10.0. The van der Waals surface area contributed by atoms with Crippen molar-refractivity contribution in [3.63, 3.8) is 0 Å². The van der Waals surface area contributed by atoms with Crippen molar-refractivity contribution in [1.29, 1.82) is 0 Å². The standard InChI is InChI=1S/C23H28N4O/c1-17-13-20(24-26(17)3)16-27(15-18-9-5-4-6-10-18)23(28)22-14-19-11-7-8-12-21(19)25(22)2/h4-5,7-8,11-14,18H,6,9-10,15-16H2,1-3H3/t18-/m0/s1. The molecule has 28 heavy (non-hydrogen) atoms. The minimum atomic E-state index is 0.0801. The molecule has 0 fully saturated rings. The molecule has 1 aliphatic rings. The van der Waals surface area contributed by atoms with Gasteiger partial charge in [-0.2, -0.15) is 5.10 Å². The lowest BCUT2D eigenvalue weighted by molar-refractivity contribution is 0.0698. The third-order valence-corrected chi connectivity index (χ3v) is 5.83. The molecule has 1 atom stereocenters. The number of nitrogens with zero attached hydrogens (tertiary/aromatic N) is 4. The van der Waals surface area contributed by atoms with Crippen LogP contribution in [0.2, 0.25) is 0 Å². The van der Waals surface area contributed by atoms with Crippen LogP contribution < -0.4 is 0 Å². The highest BCUT2D eigenvalue weighted by atomic mass is 16.2. The number of aryl methyl sites for hydroxylation is 3. The number of hydrogen-bond donors (Lipinski definition) is 0. The lowest BCUT2D eigenvalue weighted by atomic mass is 9.94. The van der Waals surface area contributed by atoms with E-state index in [1.54, 1.807) is 0 Å². The van der Waals surface area contributed by atoms with Gasteiger partial charge in [-0.3, -0.25) is 9.48 Å². The molecule has 1 aromatic carbocycles. The largest absolute Gasteiger partial charge is 0.340 e. The maximum absolute atomic E-state index is 13.6. The van der Waals surface area contributed by atoms with E-state index >= 15 is 0 Å². The zero-order valence-corrected chi connectivity index (χ0v) is 16.9. The van der Waals surface area contributed by atoms with Crippen molar-refractivity contribution in [3.05, 3.63) is 65.6 Å². The zero-order valence-electron chi connectivity index (χ0n) is 16.9. The van der Waals surface area contributed by atoms with Gasteiger partial charge in [0.15, 0.2) is 0 Å². The van der Waals surface area contributed by atoms with Crippen molar-refractivity contribution in [2.45, 2.75) is 32.7 Å². The summed E-state index contributed by atoms with van der Waals surface area (Å²) in [5.41, 5.74) is 3.87. The van der Waals surface area contributed by atoms with Crippen molar-refractivity contribution in [3.8, 4) is 0 Å². The van der Waals surface area contributed by atoms with Crippen molar-refractivity contribution >= 4 is 16.8 Å². The summed E-state index contributed by atoms with van der Waals surface area (Å²) in [6.07, 6.45) is 7.77. The van der Waals surface area contributed by atoms with Gasteiger partial charge in [0.2, 0.25) is 0 Å². The summed E-state index contributed by atoms with van der Waals surface area (Å²) in [6, 6.07) is 12.2. The molecule has 5 heteroatoms. The smallest absolute Gasteiger partial charge is 0.270 e. The number of para-hydroxylation sites is 1. The van der Waals surface area contributed by atoms with E-state index in [1.807, 2.05) is 53.4 Å². The summed E-state index contributed by atoms with van der Waals surface area (Å²) in [4.78, 5) is 15.5. The van der Waals surface area contributed by atoms with Crippen molar-refractivity contribution in [2.75, 3.05) is 6.54 Å². The molecular weight excluding hydrogens is 348 g/mol. The number of rotatable bonds is 5. The molecule has 1 aliphatic carbocycles. The normalized spacial score (nSPS) is 16.6. The Balaban J connectivity index is 1.65. The van der Waals surface area contributed by atoms with Crippen LogP contribution in [0.15, 0.2) is 48.6 Å². The summed E-state index contributed by atoms with van der Waals surface area (Å²) >= 11 is 0. The monoisotopic (exact) mass is 376 g/mol. The molecule has 0 unspecified atom stereocenters. The molecule has 2 aromatic heterocycles. The quantitative estimate of drug-likeness (QED) is 0.626. The van der Waals surface area contributed by atoms with E-state index < -0.39 is 0 Å². The van der Waals surface area contributed by atoms with Crippen LogP contribution in [-0.2, 0) is 20.6 Å². The van der Waals surface area contributed by atoms with E-state index in [-0.39, 0.29) is 5.91 Å². The van der Waals surface area contributed by atoms with Gasteiger partial charge in [0.25, 0.3) is 5.91 Å². The Kier molecular flexibility index (Phi) is 5.07. The number of allylic oxidation sites excluding steroid dienone is 2. The first-order valence-electron chi connectivity index (χ1n) is 10.0. The van der Waals surface area contributed by atoms with Gasteiger partial charge >= 0.3 is 0 Å². The zero-order chi connectivity index (χ0) is 19.7. The minimum absolute atomic E-state index is 0.0801. The number of hydrogen-bond acceptors (Lipinski definition) is 2. The van der Waals surface area contributed by atoms with Crippen molar-refractivity contribution < 1.29 is 4.79 Å². The van der Waals surface area contributed by atoms with Gasteiger partial charge in [0.05, 0.1) is 12.2 Å². The van der Waals surface area contributed by atoms with E-state index in [0.717, 1.165) is 53.8 Å². The summed E-state index contributed by atoms with van der Waals surface area (Å²) in [5.74, 6) is 0.588. The highest BCUT2D eigenvalue weighted by Crippen LogP contribution is 2.24. The van der Waals surface area contributed by atoms with Crippen LogP contribution >= 0.6 is 0 Å². The maximum Gasteiger partial charge on any atom is 0.270 e. The maximum atomic E-state index is 13.6. The molecule has 3 aromatic rings. The Morgan fingerprint density at radius 2 is 2.04 bits per heavy atom. The number of amides is 1. The number of benzene rings is 1. The fourth-order valence-electron chi connectivity index (χ4n) is 4.12. The van der Waals surface area contributed by atoms with E-state index in [4.69, 9.17) is 0 Å². The van der Waals surface area contributed by atoms with Gasteiger partial charge in [-0.1, -0.05) is 30.4 Å². The van der Waals surface area contributed by atoms with Crippen LogP contribution in [0.5, 0.6) is 0 Å². The highest BCUT2D eigenvalue weighted by Gasteiger charge is 2.24. The Labute approximate surface area is 166 Å². The van der Waals surface area contributed by atoms with Gasteiger partial charge in [-0.05, 0) is 50.3 Å². The molecule has 146 valence electrons. The number of carbonyl (C=O) groups excluding carboxylic acids is 1. The summed E-state index contributed by atoms with van der Waals surface area (Å²) < 4.78 is 3.88. The first-order chi connectivity index (χ1) is 13.5.